The summed E-state index contributed by atoms with van der Waals surface area (Å²) in [6.45, 7) is 2.46. The molecule has 2 heterocycles. The Hall–Kier alpha value is -2.61. The van der Waals surface area contributed by atoms with E-state index in [9.17, 15) is 4.79 Å². The number of hydrogen-bond donors (Lipinski definition) is 1. The third kappa shape index (κ3) is 4.75. The van der Waals surface area contributed by atoms with Gasteiger partial charge in [0.1, 0.15) is 0 Å². The molecule has 0 unspecified atom stereocenters. The van der Waals surface area contributed by atoms with Crippen LogP contribution in [0.3, 0.4) is 0 Å². The van der Waals surface area contributed by atoms with Crippen LogP contribution < -0.4 is 5.43 Å². The van der Waals surface area contributed by atoms with Crippen LogP contribution in [0.15, 0.2) is 76.3 Å². The molecule has 0 aliphatic rings. The molecule has 0 aliphatic heterocycles. The summed E-state index contributed by atoms with van der Waals surface area (Å²) in [5.74, 6) is 0.0415. The molecule has 0 saturated heterocycles. The second kappa shape index (κ2) is 9.47. The molecule has 0 bridgehead atoms. The molecule has 152 valence electrons. The Morgan fingerprint density at radius 3 is 2.77 bits per heavy atom. The maximum absolute atomic E-state index is 12.3. The predicted octanol–water partition coefficient (Wildman–Crippen LogP) is 5.43. The number of carbonyl (C=O) groups excluding carboxylic acids is 1. The number of aromatic nitrogens is 2. The van der Waals surface area contributed by atoms with Crippen LogP contribution in [0.1, 0.15) is 17.4 Å². The zero-order valence-corrected chi connectivity index (χ0v) is 18.6. The standard InChI is InChI=1S/C22H19ClN4OS2/c1-15(20-11-6-12-29-20)25-26-21(28)14-30-22-24-18-9-4-5-10-19(18)27(22)13-16-7-2-3-8-17(16)23/h2-12H,13-14H2,1H3,(H,26,28). The molecule has 1 N–H and O–H groups in total. The first-order chi connectivity index (χ1) is 14.6. The fraction of sp³-hybridized carbons (Fsp3) is 0.136. The van der Waals surface area contributed by atoms with E-state index in [1.807, 2.05) is 73.0 Å². The average Bonchev–Trinajstić information content (AvgIpc) is 3.41. The first-order valence-corrected chi connectivity index (χ1v) is 11.5. The molecular weight excluding hydrogens is 436 g/mol. The molecule has 4 aromatic rings. The highest BCUT2D eigenvalue weighted by molar-refractivity contribution is 7.99. The van der Waals surface area contributed by atoms with Gasteiger partial charge in [-0.05, 0) is 42.1 Å². The molecular formula is C22H19ClN4OS2. The number of carbonyl (C=O) groups is 1. The van der Waals surface area contributed by atoms with Crippen LogP contribution >= 0.6 is 34.7 Å². The number of thioether (sulfide) groups is 1. The Morgan fingerprint density at radius 2 is 1.97 bits per heavy atom. The van der Waals surface area contributed by atoms with Crippen molar-refractivity contribution in [1.29, 1.82) is 0 Å². The molecule has 0 fully saturated rings. The van der Waals surface area contributed by atoms with Gasteiger partial charge in [0.15, 0.2) is 5.16 Å². The molecule has 1 amide bonds. The molecule has 5 nitrogen and oxygen atoms in total. The number of nitrogens with zero attached hydrogens (tertiary/aromatic N) is 3. The fourth-order valence-electron chi connectivity index (χ4n) is 2.96. The van der Waals surface area contributed by atoms with E-state index in [2.05, 4.69) is 15.1 Å². The number of imidazole rings is 1. The van der Waals surface area contributed by atoms with Crippen molar-refractivity contribution in [3.63, 3.8) is 0 Å². The summed E-state index contributed by atoms with van der Waals surface area (Å²) in [5.41, 5.74) is 6.31. The van der Waals surface area contributed by atoms with Crippen molar-refractivity contribution in [2.75, 3.05) is 5.75 Å². The van der Waals surface area contributed by atoms with Gasteiger partial charge in [0.05, 0.1) is 29.0 Å². The average molecular weight is 455 g/mol. The summed E-state index contributed by atoms with van der Waals surface area (Å²) in [5, 5.41) is 7.65. The molecule has 4 rings (SSSR count). The molecule has 0 spiro atoms. The molecule has 30 heavy (non-hydrogen) atoms. The zero-order valence-electron chi connectivity index (χ0n) is 16.2. The van der Waals surface area contributed by atoms with Crippen LogP contribution in [-0.2, 0) is 11.3 Å². The normalized spacial score (nSPS) is 11.7. The second-order valence-electron chi connectivity index (χ2n) is 6.56. The van der Waals surface area contributed by atoms with E-state index in [4.69, 9.17) is 16.6 Å². The maximum Gasteiger partial charge on any atom is 0.250 e. The lowest BCUT2D eigenvalue weighted by atomic mass is 10.2. The van der Waals surface area contributed by atoms with E-state index in [1.54, 1.807) is 11.3 Å². The number of fused-ring (bicyclic) bond motifs is 1. The highest BCUT2D eigenvalue weighted by Gasteiger charge is 2.14. The number of halogens is 1. The number of rotatable bonds is 7. The van der Waals surface area contributed by atoms with Gasteiger partial charge in [-0.3, -0.25) is 4.79 Å². The van der Waals surface area contributed by atoms with Crippen molar-refractivity contribution in [3.05, 3.63) is 81.5 Å². The lowest BCUT2D eigenvalue weighted by Gasteiger charge is -2.10. The van der Waals surface area contributed by atoms with Gasteiger partial charge in [0.2, 0.25) is 0 Å². The highest BCUT2D eigenvalue weighted by Crippen LogP contribution is 2.27. The third-order valence-corrected chi connectivity index (χ3v) is 6.79. The third-order valence-electron chi connectivity index (χ3n) is 4.46. The van der Waals surface area contributed by atoms with E-state index in [0.29, 0.717) is 11.6 Å². The lowest BCUT2D eigenvalue weighted by molar-refractivity contribution is -0.118. The number of hydrazone groups is 1. The predicted molar refractivity (Wildman–Crippen MR) is 126 cm³/mol. The van der Waals surface area contributed by atoms with Crippen LogP contribution in [-0.4, -0.2) is 26.9 Å². The summed E-state index contributed by atoms with van der Waals surface area (Å²) in [6.07, 6.45) is 0. The zero-order chi connectivity index (χ0) is 20.9. The highest BCUT2D eigenvalue weighted by atomic mass is 35.5. The summed E-state index contributed by atoms with van der Waals surface area (Å²) >= 11 is 9.34. The van der Waals surface area contributed by atoms with Crippen LogP contribution in [0, 0.1) is 0 Å². The minimum Gasteiger partial charge on any atom is -0.314 e. The van der Waals surface area contributed by atoms with Crippen LogP contribution in [0.2, 0.25) is 5.02 Å². The second-order valence-corrected chi connectivity index (χ2v) is 8.86. The quantitative estimate of drug-likeness (QED) is 0.230. The lowest BCUT2D eigenvalue weighted by Crippen LogP contribution is -2.21. The summed E-state index contributed by atoms with van der Waals surface area (Å²) < 4.78 is 2.09. The number of benzene rings is 2. The van der Waals surface area contributed by atoms with E-state index >= 15 is 0 Å². The van der Waals surface area contributed by atoms with Crippen LogP contribution in [0.4, 0.5) is 0 Å². The largest absolute Gasteiger partial charge is 0.314 e. The Labute approximate surface area is 187 Å². The van der Waals surface area contributed by atoms with E-state index in [-0.39, 0.29) is 11.7 Å². The van der Waals surface area contributed by atoms with Crippen molar-refractivity contribution in [3.8, 4) is 0 Å². The minimum absolute atomic E-state index is 0.174. The number of amides is 1. The van der Waals surface area contributed by atoms with Gasteiger partial charge in [-0.2, -0.15) is 5.10 Å². The Balaban J connectivity index is 1.50. The van der Waals surface area contributed by atoms with Gasteiger partial charge in [-0.15, -0.1) is 11.3 Å². The Morgan fingerprint density at radius 1 is 1.17 bits per heavy atom. The van der Waals surface area contributed by atoms with Crippen molar-refractivity contribution >= 4 is 57.4 Å². The summed E-state index contributed by atoms with van der Waals surface area (Å²) in [7, 11) is 0. The molecule has 2 aromatic carbocycles. The van der Waals surface area contributed by atoms with E-state index in [0.717, 1.165) is 32.3 Å². The number of thiophene rings is 1. The van der Waals surface area contributed by atoms with Gasteiger partial charge >= 0.3 is 0 Å². The van der Waals surface area contributed by atoms with Gasteiger partial charge < -0.3 is 4.57 Å². The van der Waals surface area contributed by atoms with Crippen molar-refractivity contribution in [1.82, 2.24) is 15.0 Å². The first-order valence-electron chi connectivity index (χ1n) is 9.30. The molecule has 0 radical (unpaired) electrons. The topological polar surface area (TPSA) is 59.3 Å². The van der Waals surface area contributed by atoms with Gasteiger partial charge in [0.25, 0.3) is 5.91 Å². The summed E-state index contributed by atoms with van der Waals surface area (Å²) in [6, 6.07) is 19.6. The fourth-order valence-corrected chi connectivity index (χ4v) is 4.64. The Kier molecular flexibility index (Phi) is 6.52. The van der Waals surface area contributed by atoms with Gasteiger partial charge in [-0.25, -0.2) is 10.4 Å². The summed E-state index contributed by atoms with van der Waals surface area (Å²) in [4.78, 5) is 18.1. The molecule has 0 aliphatic carbocycles. The molecule has 0 atom stereocenters. The van der Waals surface area contributed by atoms with Crippen LogP contribution in [0.5, 0.6) is 0 Å². The molecule has 0 saturated carbocycles. The SMILES string of the molecule is CC(=NNC(=O)CSc1nc2ccccc2n1Cc1ccccc1Cl)c1cccs1. The Bertz CT molecular complexity index is 1200. The number of para-hydroxylation sites is 2. The minimum atomic E-state index is -0.174. The van der Waals surface area contributed by atoms with Gasteiger partial charge in [0, 0.05) is 9.90 Å². The monoisotopic (exact) mass is 454 g/mol. The van der Waals surface area contributed by atoms with E-state index < -0.39 is 0 Å². The van der Waals surface area contributed by atoms with E-state index in [1.165, 1.54) is 11.8 Å². The van der Waals surface area contributed by atoms with Crippen molar-refractivity contribution in [2.24, 2.45) is 5.10 Å². The molecule has 2 aromatic heterocycles. The van der Waals surface area contributed by atoms with Crippen molar-refractivity contribution in [2.45, 2.75) is 18.6 Å². The van der Waals surface area contributed by atoms with Crippen molar-refractivity contribution < 1.29 is 4.79 Å². The van der Waals surface area contributed by atoms with Crippen LogP contribution in [0.25, 0.3) is 11.0 Å². The smallest absolute Gasteiger partial charge is 0.250 e. The molecule has 8 heteroatoms. The first kappa shape index (κ1) is 20.7. The maximum atomic E-state index is 12.3. The number of hydrogen-bond acceptors (Lipinski definition) is 5. The number of nitrogens with one attached hydrogen (secondary N) is 1. The van der Waals surface area contributed by atoms with Gasteiger partial charge in [-0.1, -0.05) is 59.8 Å².